The molecule has 0 spiro atoms. The lowest BCUT2D eigenvalue weighted by Crippen LogP contribution is -2.15. The van der Waals surface area contributed by atoms with Crippen LogP contribution in [0.1, 0.15) is 23.7 Å². The van der Waals surface area contributed by atoms with E-state index in [4.69, 9.17) is 5.73 Å². The summed E-state index contributed by atoms with van der Waals surface area (Å²) in [6.07, 6.45) is 3.80. The lowest BCUT2D eigenvalue weighted by molar-refractivity contribution is 0.582. The molecule has 0 aliphatic rings. The number of nitrogens with zero attached hydrogens (tertiary/aromatic N) is 2. The van der Waals surface area contributed by atoms with Gasteiger partial charge in [0.1, 0.15) is 0 Å². The maximum absolute atomic E-state index is 6.10. The summed E-state index contributed by atoms with van der Waals surface area (Å²) in [6, 6.07) is 4.22. The molecule has 4 heteroatoms. The summed E-state index contributed by atoms with van der Waals surface area (Å²) >= 11 is 1.73. The van der Waals surface area contributed by atoms with Crippen LogP contribution in [0, 0.1) is 0 Å². The molecule has 2 N–H and O–H groups in total. The summed E-state index contributed by atoms with van der Waals surface area (Å²) in [7, 11) is 1.93. The minimum Gasteiger partial charge on any atom is -0.323 e. The third-order valence-corrected chi connectivity index (χ3v) is 3.29. The normalized spacial score (nSPS) is 12.9. The Morgan fingerprint density at radius 1 is 1.53 bits per heavy atom. The number of nitrogens with two attached hydrogens (primary N) is 1. The van der Waals surface area contributed by atoms with Gasteiger partial charge in [-0.15, -0.1) is 0 Å². The number of hydrogen-bond acceptors (Lipinski definition) is 3. The van der Waals surface area contributed by atoms with Crippen molar-refractivity contribution in [2.24, 2.45) is 12.8 Å². The lowest BCUT2D eigenvalue weighted by Gasteiger charge is -2.11. The van der Waals surface area contributed by atoms with E-state index in [2.05, 4.69) is 21.9 Å². The van der Waals surface area contributed by atoms with E-state index < -0.39 is 0 Å². The van der Waals surface area contributed by atoms with Crippen LogP contribution >= 0.6 is 11.3 Å². The summed E-state index contributed by atoms with van der Waals surface area (Å²) in [4.78, 5) is 0. The fraction of sp³-hybridized carbons (Fsp3) is 0.364. The van der Waals surface area contributed by atoms with Gasteiger partial charge in [0.05, 0.1) is 5.69 Å². The van der Waals surface area contributed by atoms with Crippen LogP contribution in [-0.2, 0) is 13.5 Å². The Morgan fingerprint density at radius 3 is 3.00 bits per heavy atom. The van der Waals surface area contributed by atoms with Crippen molar-refractivity contribution in [3.05, 3.63) is 40.3 Å². The number of rotatable bonds is 4. The van der Waals surface area contributed by atoms with Gasteiger partial charge in [-0.05, 0) is 41.3 Å². The fourth-order valence-corrected chi connectivity index (χ4v) is 2.36. The molecule has 1 atom stereocenters. The predicted molar refractivity (Wildman–Crippen MR) is 62.8 cm³/mol. The van der Waals surface area contributed by atoms with E-state index in [-0.39, 0.29) is 6.04 Å². The van der Waals surface area contributed by atoms with E-state index >= 15 is 0 Å². The molecular weight excluding hydrogens is 206 g/mol. The molecule has 2 heterocycles. The highest BCUT2D eigenvalue weighted by atomic mass is 32.1. The highest BCUT2D eigenvalue weighted by molar-refractivity contribution is 7.07. The monoisotopic (exact) mass is 221 g/mol. The first-order valence-corrected chi connectivity index (χ1v) is 5.96. The first kappa shape index (κ1) is 10.4. The zero-order valence-electron chi connectivity index (χ0n) is 8.76. The molecule has 3 nitrogen and oxygen atoms in total. The van der Waals surface area contributed by atoms with Gasteiger partial charge in [0, 0.05) is 19.3 Å². The van der Waals surface area contributed by atoms with Crippen molar-refractivity contribution in [3.63, 3.8) is 0 Å². The van der Waals surface area contributed by atoms with Gasteiger partial charge in [-0.1, -0.05) is 0 Å². The molecule has 0 fully saturated rings. The second-order valence-corrected chi connectivity index (χ2v) is 4.44. The van der Waals surface area contributed by atoms with Gasteiger partial charge in [0.2, 0.25) is 0 Å². The molecule has 2 rings (SSSR count). The molecule has 0 aliphatic heterocycles. The summed E-state index contributed by atoms with van der Waals surface area (Å²) in [5.41, 5.74) is 8.57. The van der Waals surface area contributed by atoms with Crippen LogP contribution in [-0.4, -0.2) is 9.78 Å². The molecule has 0 amide bonds. The first-order valence-electron chi connectivity index (χ1n) is 5.02. The van der Waals surface area contributed by atoms with Crippen LogP contribution < -0.4 is 5.73 Å². The summed E-state index contributed by atoms with van der Waals surface area (Å²) in [5, 5.41) is 8.40. The van der Waals surface area contributed by atoms with Crippen LogP contribution in [0.4, 0.5) is 0 Å². The third kappa shape index (κ3) is 2.46. The van der Waals surface area contributed by atoms with Gasteiger partial charge in [-0.2, -0.15) is 16.4 Å². The van der Waals surface area contributed by atoms with Crippen molar-refractivity contribution in [3.8, 4) is 0 Å². The van der Waals surface area contributed by atoms with E-state index in [1.165, 1.54) is 5.56 Å². The maximum Gasteiger partial charge on any atom is 0.0548 e. The molecule has 0 aromatic carbocycles. The second kappa shape index (κ2) is 4.59. The van der Waals surface area contributed by atoms with Crippen LogP contribution in [0.5, 0.6) is 0 Å². The summed E-state index contributed by atoms with van der Waals surface area (Å²) in [5.74, 6) is 0. The maximum atomic E-state index is 6.10. The van der Waals surface area contributed by atoms with Gasteiger partial charge < -0.3 is 5.73 Å². The standard InChI is InChI=1S/C11H15N3S/c1-14-11(4-6-13-14)10(12)3-2-9-5-7-15-8-9/h4-8,10H,2-3,12H2,1H3. The molecular formula is C11H15N3S. The Bertz CT molecular complexity index is 405. The number of thiophene rings is 1. The molecule has 80 valence electrons. The minimum atomic E-state index is 0.0809. The lowest BCUT2D eigenvalue weighted by atomic mass is 10.1. The van der Waals surface area contributed by atoms with Crippen LogP contribution in [0.25, 0.3) is 0 Å². The van der Waals surface area contributed by atoms with Gasteiger partial charge in [-0.3, -0.25) is 4.68 Å². The Hall–Kier alpha value is -1.13. The van der Waals surface area contributed by atoms with E-state index in [0.29, 0.717) is 0 Å². The largest absolute Gasteiger partial charge is 0.323 e. The topological polar surface area (TPSA) is 43.8 Å². The Kier molecular flexibility index (Phi) is 3.18. The van der Waals surface area contributed by atoms with E-state index in [1.54, 1.807) is 17.5 Å². The smallest absolute Gasteiger partial charge is 0.0548 e. The van der Waals surface area contributed by atoms with Crippen molar-refractivity contribution < 1.29 is 0 Å². The number of aryl methyl sites for hydroxylation is 2. The summed E-state index contributed by atoms with van der Waals surface area (Å²) in [6.45, 7) is 0. The summed E-state index contributed by atoms with van der Waals surface area (Å²) < 4.78 is 1.85. The Balaban J connectivity index is 1.93. The fourth-order valence-electron chi connectivity index (χ4n) is 1.65. The second-order valence-electron chi connectivity index (χ2n) is 3.66. The van der Waals surface area contributed by atoms with Gasteiger partial charge in [-0.25, -0.2) is 0 Å². The van der Waals surface area contributed by atoms with Crippen molar-refractivity contribution in [2.75, 3.05) is 0 Å². The van der Waals surface area contributed by atoms with Gasteiger partial charge >= 0.3 is 0 Å². The zero-order chi connectivity index (χ0) is 10.7. The van der Waals surface area contributed by atoms with E-state index in [9.17, 15) is 0 Å². The molecule has 0 aliphatic carbocycles. The number of aromatic nitrogens is 2. The van der Waals surface area contributed by atoms with Crippen LogP contribution in [0.2, 0.25) is 0 Å². The average molecular weight is 221 g/mol. The average Bonchev–Trinajstić information content (AvgIpc) is 2.84. The highest BCUT2D eigenvalue weighted by Crippen LogP contribution is 2.17. The van der Waals surface area contributed by atoms with Gasteiger partial charge in [0.15, 0.2) is 0 Å². The Morgan fingerprint density at radius 2 is 2.40 bits per heavy atom. The molecule has 0 bridgehead atoms. The van der Waals surface area contributed by atoms with Crippen LogP contribution in [0.3, 0.4) is 0 Å². The van der Waals surface area contributed by atoms with Gasteiger partial charge in [0.25, 0.3) is 0 Å². The highest BCUT2D eigenvalue weighted by Gasteiger charge is 2.09. The number of hydrogen-bond donors (Lipinski definition) is 1. The van der Waals surface area contributed by atoms with Crippen molar-refractivity contribution >= 4 is 11.3 Å². The molecule has 2 aromatic heterocycles. The quantitative estimate of drug-likeness (QED) is 0.859. The molecule has 0 saturated heterocycles. The first-order chi connectivity index (χ1) is 7.27. The molecule has 15 heavy (non-hydrogen) atoms. The Labute approximate surface area is 93.5 Å². The van der Waals surface area contributed by atoms with E-state index in [1.807, 2.05) is 17.8 Å². The molecule has 0 radical (unpaired) electrons. The third-order valence-electron chi connectivity index (χ3n) is 2.56. The molecule has 2 aromatic rings. The minimum absolute atomic E-state index is 0.0809. The predicted octanol–water partition coefficient (Wildman–Crippen LogP) is 2.11. The molecule has 1 unspecified atom stereocenters. The SMILES string of the molecule is Cn1nccc1C(N)CCc1ccsc1. The van der Waals surface area contributed by atoms with Crippen molar-refractivity contribution in [1.82, 2.24) is 9.78 Å². The van der Waals surface area contributed by atoms with Crippen LogP contribution in [0.15, 0.2) is 29.1 Å². The van der Waals surface area contributed by atoms with Crippen molar-refractivity contribution in [2.45, 2.75) is 18.9 Å². The van der Waals surface area contributed by atoms with Crippen molar-refractivity contribution in [1.29, 1.82) is 0 Å². The van der Waals surface area contributed by atoms with E-state index in [0.717, 1.165) is 18.5 Å². The molecule has 0 saturated carbocycles. The zero-order valence-corrected chi connectivity index (χ0v) is 9.57.